The highest BCUT2D eigenvalue weighted by atomic mass is 16.4. The molecule has 100 valence electrons. The first-order chi connectivity index (χ1) is 8.82. The van der Waals surface area contributed by atoms with Crippen LogP contribution in [0.4, 0.5) is 10.5 Å². The molecule has 0 unspecified atom stereocenters. The molecule has 0 aromatic heterocycles. The topological polar surface area (TPSA) is 78.4 Å². The Morgan fingerprint density at radius 3 is 2.37 bits per heavy atom. The zero-order valence-corrected chi connectivity index (χ0v) is 10.9. The van der Waals surface area contributed by atoms with Crippen molar-refractivity contribution in [1.29, 1.82) is 0 Å². The van der Waals surface area contributed by atoms with Gasteiger partial charge in [0.15, 0.2) is 0 Å². The van der Waals surface area contributed by atoms with E-state index in [-0.39, 0.29) is 6.42 Å². The Kier molecular flexibility index (Phi) is 4.54. The number of carboxylic acids is 1. The standard InChI is InChI=1S/C14H16N2O3/c1-4-14(2,3)16-13(19)15-11-7-5-10(6-8-11)9-12(17)18/h1,5-8H,9H2,2-3H3,(H,17,18)(H2,15,16,19). The smallest absolute Gasteiger partial charge is 0.320 e. The first-order valence-electron chi connectivity index (χ1n) is 5.70. The van der Waals surface area contributed by atoms with Crippen molar-refractivity contribution in [3.8, 4) is 12.3 Å². The molecule has 1 aromatic rings. The van der Waals surface area contributed by atoms with Crippen LogP contribution in [0.1, 0.15) is 19.4 Å². The number of nitrogens with one attached hydrogen (secondary N) is 2. The van der Waals surface area contributed by atoms with Crippen LogP contribution in [0, 0.1) is 12.3 Å². The molecule has 0 radical (unpaired) electrons. The summed E-state index contributed by atoms with van der Waals surface area (Å²) >= 11 is 0. The number of urea groups is 1. The molecule has 0 saturated carbocycles. The number of hydrogen-bond donors (Lipinski definition) is 3. The molecule has 2 amide bonds. The van der Waals surface area contributed by atoms with E-state index < -0.39 is 17.5 Å². The molecule has 0 atom stereocenters. The van der Waals surface area contributed by atoms with Crippen molar-refractivity contribution in [2.75, 3.05) is 5.32 Å². The zero-order chi connectivity index (χ0) is 14.5. The third-order valence-corrected chi connectivity index (χ3v) is 2.35. The van der Waals surface area contributed by atoms with Gasteiger partial charge in [-0.2, -0.15) is 0 Å². The molecule has 19 heavy (non-hydrogen) atoms. The maximum atomic E-state index is 11.6. The molecule has 0 aliphatic carbocycles. The molecular weight excluding hydrogens is 244 g/mol. The molecule has 3 N–H and O–H groups in total. The van der Waals surface area contributed by atoms with Crippen LogP contribution in [0.3, 0.4) is 0 Å². The molecule has 0 fully saturated rings. The van der Waals surface area contributed by atoms with Crippen LogP contribution in [0.2, 0.25) is 0 Å². The van der Waals surface area contributed by atoms with Gasteiger partial charge in [0, 0.05) is 5.69 Å². The number of benzene rings is 1. The van der Waals surface area contributed by atoms with Gasteiger partial charge in [0.05, 0.1) is 12.0 Å². The van der Waals surface area contributed by atoms with Gasteiger partial charge < -0.3 is 15.7 Å². The minimum Gasteiger partial charge on any atom is -0.481 e. The fourth-order valence-electron chi connectivity index (χ4n) is 1.36. The summed E-state index contributed by atoms with van der Waals surface area (Å²) in [6, 6.07) is 6.17. The van der Waals surface area contributed by atoms with Crippen molar-refractivity contribution >= 4 is 17.7 Å². The van der Waals surface area contributed by atoms with Gasteiger partial charge in [-0.25, -0.2) is 4.79 Å². The average Bonchev–Trinajstić information content (AvgIpc) is 2.30. The Labute approximate surface area is 112 Å². The SMILES string of the molecule is C#CC(C)(C)NC(=O)Nc1ccc(CC(=O)O)cc1. The highest BCUT2D eigenvalue weighted by Gasteiger charge is 2.16. The molecule has 0 spiro atoms. The summed E-state index contributed by atoms with van der Waals surface area (Å²) in [6.45, 7) is 3.42. The molecule has 5 nitrogen and oxygen atoms in total. The maximum Gasteiger partial charge on any atom is 0.320 e. The Morgan fingerprint density at radius 2 is 1.89 bits per heavy atom. The maximum absolute atomic E-state index is 11.6. The quantitative estimate of drug-likeness (QED) is 0.723. The van der Waals surface area contributed by atoms with Crippen molar-refractivity contribution in [1.82, 2.24) is 5.32 Å². The number of hydrogen-bond acceptors (Lipinski definition) is 2. The van der Waals surface area contributed by atoms with Gasteiger partial charge in [0.25, 0.3) is 0 Å². The van der Waals surface area contributed by atoms with E-state index >= 15 is 0 Å². The van der Waals surface area contributed by atoms with Gasteiger partial charge in [-0.1, -0.05) is 18.1 Å². The number of anilines is 1. The fourth-order valence-corrected chi connectivity index (χ4v) is 1.36. The highest BCUT2D eigenvalue weighted by Crippen LogP contribution is 2.10. The van der Waals surface area contributed by atoms with Gasteiger partial charge in [0.1, 0.15) is 0 Å². The Bertz CT molecular complexity index is 512. The molecule has 1 aromatic carbocycles. The average molecular weight is 260 g/mol. The summed E-state index contributed by atoms with van der Waals surface area (Å²) in [4.78, 5) is 22.2. The second-order valence-electron chi connectivity index (χ2n) is 4.62. The summed E-state index contributed by atoms with van der Waals surface area (Å²) in [6.07, 6.45) is 5.22. The van der Waals surface area contributed by atoms with Gasteiger partial charge >= 0.3 is 12.0 Å². The van der Waals surface area contributed by atoms with E-state index in [1.54, 1.807) is 38.1 Å². The molecular formula is C14H16N2O3. The monoisotopic (exact) mass is 260 g/mol. The van der Waals surface area contributed by atoms with Crippen molar-refractivity contribution < 1.29 is 14.7 Å². The van der Waals surface area contributed by atoms with Crippen LogP contribution in [0.25, 0.3) is 0 Å². The first-order valence-corrected chi connectivity index (χ1v) is 5.70. The van der Waals surface area contributed by atoms with E-state index in [1.165, 1.54) is 0 Å². The normalized spacial score (nSPS) is 10.4. The lowest BCUT2D eigenvalue weighted by Crippen LogP contribution is -2.44. The summed E-state index contributed by atoms with van der Waals surface area (Å²) < 4.78 is 0. The van der Waals surface area contributed by atoms with E-state index in [4.69, 9.17) is 11.5 Å². The number of carbonyl (C=O) groups is 2. The number of aliphatic carboxylic acids is 1. The highest BCUT2D eigenvalue weighted by molar-refractivity contribution is 5.90. The Morgan fingerprint density at radius 1 is 1.32 bits per heavy atom. The zero-order valence-electron chi connectivity index (χ0n) is 10.9. The minimum absolute atomic E-state index is 0.0450. The molecule has 0 bridgehead atoms. The number of rotatable bonds is 4. The van der Waals surface area contributed by atoms with E-state index in [9.17, 15) is 9.59 Å². The summed E-state index contributed by atoms with van der Waals surface area (Å²) in [5.74, 6) is 1.56. The van der Waals surface area contributed by atoms with E-state index in [0.29, 0.717) is 11.3 Å². The second kappa shape index (κ2) is 5.91. The van der Waals surface area contributed by atoms with Crippen LogP contribution in [-0.4, -0.2) is 22.6 Å². The van der Waals surface area contributed by atoms with Crippen molar-refractivity contribution in [2.45, 2.75) is 25.8 Å². The van der Waals surface area contributed by atoms with Crippen molar-refractivity contribution in [2.24, 2.45) is 0 Å². The summed E-state index contributed by atoms with van der Waals surface area (Å²) in [7, 11) is 0. The molecule has 0 heterocycles. The Balaban J connectivity index is 2.61. The van der Waals surface area contributed by atoms with Gasteiger partial charge in [0.2, 0.25) is 0 Å². The van der Waals surface area contributed by atoms with E-state index in [1.807, 2.05) is 0 Å². The summed E-state index contributed by atoms with van der Waals surface area (Å²) in [5, 5.41) is 13.9. The Hall–Kier alpha value is -2.48. The number of terminal acetylenes is 1. The third kappa shape index (κ3) is 5.13. The first kappa shape index (κ1) is 14.6. The number of carboxylic acid groups (broad SMARTS) is 1. The van der Waals surface area contributed by atoms with Crippen LogP contribution in [-0.2, 0) is 11.2 Å². The number of amides is 2. The number of carbonyl (C=O) groups excluding carboxylic acids is 1. The molecule has 5 heteroatoms. The van der Waals surface area contributed by atoms with Crippen LogP contribution < -0.4 is 10.6 Å². The fraction of sp³-hybridized carbons (Fsp3) is 0.286. The third-order valence-electron chi connectivity index (χ3n) is 2.35. The van der Waals surface area contributed by atoms with Gasteiger partial charge in [-0.05, 0) is 31.5 Å². The largest absolute Gasteiger partial charge is 0.481 e. The minimum atomic E-state index is -0.894. The van der Waals surface area contributed by atoms with Gasteiger partial charge in [-0.3, -0.25) is 4.79 Å². The predicted octanol–water partition coefficient (Wildman–Crippen LogP) is 1.85. The lowest BCUT2D eigenvalue weighted by molar-refractivity contribution is -0.136. The van der Waals surface area contributed by atoms with Crippen LogP contribution >= 0.6 is 0 Å². The van der Waals surface area contributed by atoms with E-state index in [0.717, 1.165) is 0 Å². The predicted molar refractivity (Wildman–Crippen MR) is 72.8 cm³/mol. The molecule has 0 saturated heterocycles. The molecule has 0 aliphatic rings. The molecule has 1 rings (SSSR count). The van der Waals surface area contributed by atoms with E-state index in [2.05, 4.69) is 16.6 Å². The lowest BCUT2D eigenvalue weighted by atomic mass is 10.1. The van der Waals surface area contributed by atoms with Crippen molar-refractivity contribution in [3.63, 3.8) is 0 Å². The summed E-state index contributed by atoms with van der Waals surface area (Å²) in [5.41, 5.74) is 0.509. The van der Waals surface area contributed by atoms with Crippen LogP contribution in [0.5, 0.6) is 0 Å². The van der Waals surface area contributed by atoms with Gasteiger partial charge in [-0.15, -0.1) is 6.42 Å². The van der Waals surface area contributed by atoms with Crippen molar-refractivity contribution in [3.05, 3.63) is 29.8 Å². The molecule has 0 aliphatic heterocycles. The lowest BCUT2D eigenvalue weighted by Gasteiger charge is -2.19. The second-order valence-corrected chi connectivity index (χ2v) is 4.62. The van der Waals surface area contributed by atoms with Crippen LogP contribution in [0.15, 0.2) is 24.3 Å².